The Hall–Kier alpha value is -1.26. The zero-order valence-electron chi connectivity index (χ0n) is 9.93. The number of benzene rings is 1. The molecule has 1 aromatic carbocycles. The molecule has 106 valence electrons. The summed E-state index contributed by atoms with van der Waals surface area (Å²) in [6.45, 7) is -0.0941. The van der Waals surface area contributed by atoms with E-state index in [1.54, 1.807) is 0 Å². The molecule has 1 aromatic rings. The van der Waals surface area contributed by atoms with Gasteiger partial charge in [-0.1, -0.05) is 0 Å². The molecule has 0 aliphatic carbocycles. The third-order valence-corrected chi connectivity index (χ3v) is 2.94. The summed E-state index contributed by atoms with van der Waals surface area (Å²) in [6.07, 6.45) is -4.55. The van der Waals surface area contributed by atoms with Gasteiger partial charge in [-0.15, -0.1) is 0 Å². The molecule has 6 N–H and O–H groups in total. The van der Waals surface area contributed by atoms with Crippen LogP contribution in [0.5, 0.6) is 0 Å². The molecule has 0 amide bonds. The highest BCUT2D eigenvalue weighted by Gasteiger charge is 2.37. The van der Waals surface area contributed by atoms with Crippen molar-refractivity contribution in [1.82, 2.24) is 0 Å². The number of rotatable bonds is 3. The number of aliphatic hydroxyl groups is 3. The lowest BCUT2D eigenvalue weighted by atomic mass is 10.0. The summed E-state index contributed by atoms with van der Waals surface area (Å²) in [5.41, 5.74) is 0.684. The van der Waals surface area contributed by atoms with Gasteiger partial charge in [0.25, 0.3) is 0 Å². The minimum absolute atomic E-state index is 0.0941. The summed E-state index contributed by atoms with van der Waals surface area (Å²) in [7, 11) is 0. The van der Waals surface area contributed by atoms with Crippen molar-refractivity contribution < 1.29 is 30.5 Å². The van der Waals surface area contributed by atoms with Crippen LogP contribution in [0.1, 0.15) is 0 Å². The monoisotopic (exact) mass is 272 g/mol. The summed E-state index contributed by atoms with van der Waals surface area (Å²) in [5.74, 6) is 0. The van der Waals surface area contributed by atoms with Gasteiger partial charge in [0.05, 0.1) is 6.61 Å². The second kappa shape index (κ2) is 5.80. The lowest BCUT2D eigenvalue weighted by molar-refractivity contribution is -0.991. The number of ether oxygens (including phenoxy) is 1. The van der Waals surface area contributed by atoms with Gasteiger partial charge in [0.1, 0.15) is 18.3 Å². The summed E-state index contributed by atoms with van der Waals surface area (Å²) in [5, 5.41) is 49.8. The molecule has 8 heteroatoms. The SMILES string of the molecule is [O-][NH+](O)c1ccc(N[C@@H]2OC[C@H](O)[C@H](O)[C@H]2O)cc1. The van der Waals surface area contributed by atoms with E-state index in [4.69, 9.17) is 9.94 Å². The van der Waals surface area contributed by atoms with Crippen LogP contribution >= 0.6 is 0 Å². The summed E-state index contributed by atoms with van der Waals surface area (Å²) < 4.78 is 5.17. The Kier molecular flexibility index (Phi) is 4.32. The molecule has 19 heavy (non-hydrogen) atoms. The van der Waals surface area contributed by atoms with Gasteiger partial charge in [-0.05, 0) is 12.1 Å². The molecule has 0 aromatic heterocycles. The first-order valence-corrected chi connectivity index (χ1v) is 5.74. The summed E-state index contributed by atoms with van der Waals surface area (Å²) in [4.78, 5) is 0. The van der Waals surface area contributed by atoms with Gasteiger partial charge in [-0.25, -0.2) is 5.21 Å². The van der Waals surface area contributed by atoms with Crippen molar-refractivity contribution >= 4 is 11.4 Å². The predicted molar refractivity (Wildman–Crippen MR) is 63.6 cm³/mol. The maximum absolute atomic E-state index is 10.7. The van der Waals surface area contributed by atoms with Crippen LogP contribution in [0.3, 0.4) is 0 Å². The Balaban J connectivity index is 2.01. The van der Waals surface area contributed by atoms with Gasteiger partial charge in [-0.3, -0.25) is 0 Å². The molecule has 1 heterocycles. The van der Waals surface area contributed by atoms with E-state index in [0.717, 1.165) is 0 Å². The Morgan fingerprint density at radius 2 is 1.79 bits per heavy atom. The van der Waals surface area contributed by atoms with E-state index >= 15 is 0 Å². The van der Waals surface area contributed by atoms with E-state index in [0.29, 0.717) is 5.69 Å². The van der Waals surface area contributed by atoms with Crippen LogP contribution < -0.4 is 10.5 Å². The highest BCUT2D eigenvalue weighted by Crippen LogP contribution is 2.19. The van der Waals surface area contributed by atoms with Gasteiger partial charge in [0, 0.05) is 17.8 Å². The molecule has 0 spiro atoms. The van der Waals surface area contributed by atoms with E-state index in [9.17, 15) is 20.5 Å². The van der Waals surface area contributed by atoms with Gasteiger partial charge >= 0.3 is 0 Å². The number of aliphatic hydroxyl groups excluding tert-OH is 3. The molecule has 1 fully saturated rings. The third kappa shape index (κ3) is 3.19. The van der Waals surface area contributed by atoms with Crippen LogP contribution in [-0.4, -0.2) is 51.7 Å². The highest BCUT2D eigenvalue weighted by molar-refractivity contribution is 5.48. The minimum atomic E-state index is -1.29. The Labute approximate surface area is 109 Å². The van der Waals surface area contributed by atoms with Crippen molar-refractivity contribution in [2.75, 3.05) is 11.9 Å². The molecule has 1 unspecified atom stereocenters. The first-order valence-electron chi connectivity index (χ1n) is 5.74. The first kappa shape index (κ1) is 14.2. The molecule has 1 aliphatic heterocycles. The van der Waals surface area contributed by atoms with Crippen molar-refractivity contribution in [3.63, 3.8) is 0 Å². The van der Waals surface area contributed by atoms with Gasteiger partial charge < -0.3 is 30.6 Å². The van der Waals surface area contributed by atoms with Gasteiger partial charge in [0.2, 0.25) is 0 Å². The van der Waals surface area contributed by atoms with Crippen LogP contribution in [0.4, 0.5) is 11.4 Å². The van der Waals surface area contributed by atoms with E-state index < -0.39 is 29.8 Å². The zero-order chi connectivity index (χ0) is 14.0. The van der Waals surface area contributed by atoms with E-state index in [1.807, 2.05) is 0 Å². The lowest BCUT2D eigenvalue weighted by Crippen LogP contribution is -2.99. The highest BCUT2D eigenvalue weighted by atomic mass is 16.8. The minimum Gasteiger partial charge on any atom is -0.595 e. The smallest absolute Gasteiger partial charge is 0.163 e. The average molecular weight is 272 g/mol. The molecule has 0 bridgehead atoms. The first-order chi connectivity index (χ1) is 8.99. The van der Waals surface area contributed by atoms with Crippen LogP contribution in [0.15, 0.2) is 24.3 Å². The predicted octanol–water partition coefficient (Wildman–Crippen LogP) is -2.06. The molecular weight excluding hydrogens is 256 g/mol. The topological polar surface area (TPSA) is 130 Å². The average Bonchev–Trinajstić information content (AvgIpc) is 2.40. The third-order valence-electron chi connectivity index (χ3n) is 2.94. The molecule has 2 rings (SSSR count). The summed E-state index contributed by atoms with van der Waals surface area (Å²) >= 11 is 0. The maximum atomic E-state index is 10.7. The van der Waals surface area contributed by atoms with Gasteiger partial charge in [-0.2, -0.15) is 5.23 Å². The molecule has 8 nitrogen and oxygen atoms in total. The number of quaternary nitrogens is 1. The van der Waals surface area contributed by atoms with Gasteiger partial charge in [0.15, 0.2) is 11.9 Å². The van der Waals surface area contributed by atoms with Crippen LogP contribution in [-0.2, 0) is 4.74 Å². The van der Waals surface area contributed by atoms with Crippen LogP contribution in [0.25, 0.3) is 0 Å². The van der Waals surface area contributed by atoms with Crippen molar-refractivity contribution in [1.29, 1.82) is 0 Å². The Morgan fingerprint density at radius 1 is 1.16 bits per heavy atom. The Morgan fingerprint density at radius 3 is 2.37 bits per heavy atom. The number of anilines is 1. The lowest BCUT2D eigenvalue weighted by Gasteiger charge is -2.35. The maximum Gasteiger partial charge on any atom is 0.163 e. The molecule has 0 saturated carbocycles. The van der Waals surface area contributed by atoms with E-state index in [-0.39, 0.29) is 12.3 Å². The quantitative estimate of drug-likeness (QED) is 0.349. The molecule has 1 aliphatic rings. The van der Waals surface area contributed by atoms with Crippen LogP contribution in [0, 0.1) is 5.21 Å². The molecule has 0 radical (unpaired) electrons. The number of hydrogen-bond acceptors (Lipinski definition) is 7. The van der Waals surface area contributed by atoms with Crippen LogP contribution in [0.2, 0.25) is 0 Å². The number of hydrogen-bond donors (Lipinski definition) is 6. The van der Waals surface area contributed by atoms with E-state index in [2.05, 4.69) is 5.32 Å². The van der Waals surface area contributed by atoms with Crippen molar-refractivity contribution in [3.05, 3.63) is 29.5 Å². The Bertz CT molecular complexity index is 412. The van der Waals surface area contributed by atoms with E-state index in [1.165, 1.54) is 24.3 Å². The molecular formula is C11H16N2O6. The van der Waals surface area contributed by atoms with Crippen molar-refractivity contribution in [2.45, 2.75) is 24.5 Å². The normalized spacial score (nSPS) is 32.9. The number of nitrogens with one attached hydrogen (secondary N) is 2. The van der Waals surface area contributed by atoms with Crippen molar-refractivity contribution in [3.8, 4) is 0 Å². The fourth-order valence-corrected chi connectivity index (χ4v) is 1.81. The second-order valence-electron chi connectivity index (χ2n) is 4.33. The molecule has 5 atom stereocenters. The second-order valence-corrected chi connectivity index (χ2v) is 4.33. The fourth-order valence-electron chi connectivity index (χ4n) is 1.81. The van der Waals surface area contributed by atoms with Crippen molar-refractivity contribution in [2.24, 2.45) is 0 Å². The fraction of sp³-hybridized carbons (Fsp3) is 0.455. The zero-order valence-corrected chi connectivity index (χ0v) is 9.93. The standard InChI is InChI=1S/C11H16N2O6/c14-8-5-19-11(10(16)9(8)15)12-6-1-3-7(4-2-6)13(17)18/h1-4,8-17H,5H2/t8-,9-,10+,11+/m0/s1. The molecule has 1 saturated heterocycles. The largest absolute Gasteiger partial charge is 0.595 e. The summed E-state index contributed by atoms with van der Waals surface area (Å²) in [6, 6.07) is 5.87.